The van der Waals surface area contributed by atoms with Crippen LogP contribution in [0.4, 0.5) is 0 Å². The van der Waals surface area contributed by atoms with E-state index < -0.39 is 0 Å². The van der Waals surface area contributed by atoms with Crippen molar-refractivity contribution in [3.63, 3.8) is 0 Å². The first-order valence-electron chi connectivity index (χ1n) is 6.42. The molecule has 3 heteroatoms. The van der Waals surface area contributed by atoms with Gasteiger partial charge >= 0.3 is 0 Å². The Balaban J connectivity index is 2.01. The number of thiophene rings is 1. The van der Waals surface area contributed by atoms with Crippen molar-refractivity contribution in [2.75, 3.05) is 0 Å². The Kier molecular flexibility index (Phi) is 3.20. The van der Waals surface area contributed by atoms with Crippen LogP contribution in [0.25, 0.3) is 0 Å². The number of hydrogen-bond donors (Lipinski definition) is 2. The quantitative estimate of drug-likeness (QED) is 0.652. The summed E-state index contributed by atoms with van der Waals surface area (Å²) in [6.45, 7) is 0. The molecule has 0 aliphatic heterocycles. The second kappa shape index (κ2) is 4.84. The van der Waals surface area contributed by atoms with E-state index >= 15 is 0 Å². The van der Waals surface area contributed by atoms with E-state index in [1.165, 1.54) is 29.7 Å². The van der Waals surface area contributed by atoms with Crippen LogP contribution in [0.1, 0.15) is 35.7 Å². The lowest BCUT2D eigenvalue weighted by Crippen LogP contribution is -2.48. The predicted molar refractivity (Wildman–Crippen MR) is 76.4 cm³/mol. The van der Waals surface area contributed by atoms with E-state index in [0.29, 0.717) is 0 Å². The molecule has 1 unspecified atom stereocenters. The largest absolute Gasteiger partial charge is 0.271 e. The van der Waals surface area contributed by atoms with Crippen LogP contribution in [-0.2, 0) is 5.41 Å². The van der Waals surface area contributed by atoms with Gasteiger partial charge in [0.15, 0.2) is 0 Å². The molecule has 1 saturated carbocycles. The van der Waals surface area contributed by atoms with Crippen LogP contribution in [-0.4, -0.2) is 0 Å². The molecule has 0 amide bonds. The third-order valence-corrected chi connectivity index (χ3v) is 5.08. The lowest BCUT2D eigenvalue weighted by molar-refractivity contribution is 0.172. The summed E-state index contributed by atoms with van der Waals surface area (Å²) in [5.74, 6) is 5.85. The number of rotatable bonds is 4. The highest BCUT2D eigenvalue weighted by Gasteiger charge is 2.46. The Labute approximate surface area is 112 Å². The lowest BCUT2D eigenvalue weighted by Gasteiger charge is -2.47. The minimum atomic E-state index is 0.181. The van der Waals surface area contributed by atoms with Gasteiger partial charge in [-0.15, -0.1) is 11.3 Å². The van der Waals surface area contributed by atoms with Crippen molar-refractivity contribution < 1.29 is 0 Å². The number of nitrogens with two attached hydrogens (primary N) is 1. The van der Waals surface area contributed by atoms with Crippen molar-refractivity contribution in [3.05, 3.63) is 58.3 Å². The maximum absolute atomic E-state index is 5.85. The zero-order valence-electron chi connectivity index (χ0n) is 10.3. The van der Waals surface area contributed by atoms with Crippen LogP contribution in [0.3, 0.4) is 0 Å². The monoisotopic (exact) mass is 258 g/mol. The molecular weight excluding hydrogens is 240 g/mol. The summed E-state index contributed by atoms with van der Waals surface area (Å²) in [6, 6.07) is 15.3. The molecule has 1 atom stereocenters. The van der Waals surface area contributed by atoms with Gasteiger partial charge in [-0.3, -0.25) is 11.3 Å². The molecule has 18 heavy (non-hydrogen) atoms. The van der Waals surface area contributed by atoms with E-state index in [2.05, 4.69) is 53.3 Å². The Morgan fingerprint density at radius 3 is 2.39 bits per heavy atom. The molecule has 1 heterocycles. The Morgan fingerprint density at radius 2 is 1.89 bits per heavy atom. The number of hydrazine groups is 1. The van der Waals surface area contributed by atoms with Gasteiger partial charge in [0.25, 0.3) is 0 Å². The molecule has 0 saturated heterocycles. The Bertz CT molecular complexity index is 488. The standard InChI is InChI=1S/C15H18N2S/c16-17-14(13-8-4-11-18-13)15(9-5-10-15)12-6-2-1-3-7-12/h1-4,6-8,11,14,17H,5,9-10,16H2. The molecule has 2 nitrogen and oxygen atoms in total. The first-order valence-corrected chi connectivity index (χ1v) is 7.30. The van der Waals surface area contributed by atoms with Crippen LogP contribution in [0.5, 0.6) is 0 Å². The molecule has 1 aromatic carbocycles. The second-order valence-corrected chi connectivity index (χ2v) is 5.97. The molecule has 1 aliphatic carbocycles. The zero-order chi connectivity index (χ0) is 12.4. The summed E-state index contributed by atoms with van der Waals surface area (Å²) in [7, 11) is 0. The van der Waals surface area contributed by atoms with E-state index in [4.69, 9.17) is 5.84 Å². The van der Waals surface area contributed by atoms with Gasteiger partial charge in [-0.25, -0.2) is 0 Å². The van der Waals surface area contributed by atoms with Crippen LogP contribution in [0, 0.1) is 0 Å². The van der Waals surface area contributed by atoms with Gasteiger partial charge < -0.3 is 0 Å². The average molecular weight is 258 g/mol. The summed E-state index contributed by atoms with van der Waals surface area (Å²) in [4.78, 5) is 1.33. The van der Waals surface area contributed by atoms with Crippen molar-refractivity contribution in [2.24, 2.45) is 5.84 Å². The lowest BCUT2D eigenvalue weighted by atomic mass is 9.60. The van der Waals surface area contributed by atoms with Crippen LogP contribution < -0.4 is 11.3 Å². The summed E-state index contributed by atoms with van der Waals surface area (Å²) in [5, 5.41) is 2.12. The maximum atomic E-state index is 5.85. The van der Waals surface area contributed by atoms with E-state index in [0.717, 1.165) is 0 Å². The molecule has 1 fully saturated rings. The number of benzene rings is 1. The Morgan fingerprint density at radius 1 is 1.11 bits per heavy atom. The molecule has 2 aromatic rings. The van der Waals surface area contributed by atoms with Crippen LogP contribution >= 0.6 is 11.3 Å². The van der Waals surface area contributed by atoms with Gasteiger partial charge in [-0.1, -0.05) is 42.8 Å². The maximum Gasteiger partial charge on any atom is 0.0649 e. The van der Waals surface area contributed by atoms with Gasteiger partial charge in [-0.2, -0.15) is 0 Å². The van der Waals surface area contributed by atoms with E-state index in [1.807, 2.05) is 0 Å². The fourth-order valence-electron chi connectivity index (χ4n) is 3.04. The van der Waals surface area contributed by atoms with E-state index in [-0.39, 0.29) is 11.5 Å². The SMILES string of the molecule is NNC(c1cccs1)C1(c2ccccc2)CCC1. The fraction of sp³-hybridized carbons (Fsp3) is 0.333. The topological polar surface area (TPSA) is 38.0 Å². The number of hydrogen-bond acceptors (Lipinski definition) is 3. The summed E-state index contributed by atoms with van der Waals surface area (Å²) in [5.41, 5.74) is 4.65. The number of nitrogens with one attached hydrogen (secondary N) is 1. The highest BCUT2D eigenvalue weighted by Crippen LogP contribution is 2.52. The minimum absolute atomic E-state index is 0.181. The van der Waals surface area contributed by atoms with Gasteiger partial charge in [0, 0.05) is 10.3 Å². The average Bonchev–Trinajstić information content (AvgIpc) is 2.88. The summed E-state index contributed by atoms with van der Waals surface area (Å²) < 4.78 is 0. The molecule has 1 aromatic heterocycles. The van der Waals surface area contributed by atoms with Gasteiger partial charge in [0.05, 0.1) is 6.04 Å². The first-order chi connectivity index (χ1) is 8.87. The first kappa shape index (κ1) is 11.9. The summed E-state index contributed by atoms with van der Waals surface area (Å²) in [6.07, 6.45) is 3.71. The van der Waals surface area contributed by atoms with Gasteiger partial charge in [0.2, 0.25) is 0 Å². The molecule has 0 spiro atoms. The fourth-order valence-corrected chi connectivity index (χ4v) is 3.94. The van der Waals surface area contributed by atoms with Crippen molar-refractivity contribution in [2.45, 2.75) is 30.7 Å². The molecule has 1 aliphatic rings. The smallest absolute Gasteiger partial charge is 0.0649 e. The van der Waals surface area contributed by atoms with Gasteiger partial charge in [-0.05, 0) is 29.9 Å². The van der Waals surface area contributed by atoms with E-state index in [9.17, 15) is 0 Å². The highest BCUT2D eigenvalue weighted by molar-refractivity contribution is 7.10. The van der Waals surface area contributed by atoms with Crippen molar-refractivity contribution in [3.8, 4) is 0 Å². The molecule has 3 rings (SSSR count). The second-order valence-electron chi connectivity index (χ2n) is 4.99. The third kappa shape index (κ3) is 1.79. The van der Waals surface area contributed by atoms with Gasteiger partial charge in [0.1, 0.15) is 0 Å². The van der Waals surface area contributed by atoms with Crippen molar-refractivity contribution >= 4 is 11.3 Å². The van der Waals surface area contributed by atoms with Crippen molar-refractivity contribution in [1.29, 1.82) is 0 Å². The Hall–Kier alpha value is -1.16. The normalized spacial score (nSPS) is 19.2. The summed E-state index contributed by atoms with van der Waals surface area (Å²) >= 11 is 1.78. The van der Waals surface area contributed by atoms with Crippen molar-refractivity contribution in [1.82, 2.24) is 5.43 Å². The van der Waals surface area contributed by atoms with E-state index in [1.54, 1.807) is 11.3 Å². The highest BCUT2D eigenvalue weighted by atomic mass is 32.1. The molecule has 3 N–H and O–H groups in total. The molecule has 0 bridgehead atoms. The zero-order valence-corrected chi connectivity index (χ0v) is 11.1. The molecular formula is C15H18N2S. The minimum Gasteiger partial charge on any atom is -0.271 e. The third-order valence-electron chi connectivity index (χ3n) is 4.14. The molecule has 0 radical (unpaired) electrons. The van der Waals surface area contributed by atoms with Crippen LogP contribution in [0.2, 0.25) is 0 Å². The molecule has 94 valence electrons. The van der Waals surface area contributed by atoms with Crippen LogP contribution in [0.15, 0.2) is 47.8 Å². The predicted octanol–water partition coefficient (Wildman–Crippen LogP) is 3.37.